The Morgan fingerprint density at radius 1 is 0.972 bits per heavy atom. The second kappa shape index (κ2) is 10.3. The van der Waals surface area contributed by atoms with Gasteiger partial charge in [0.15, 0.2) is 5.16 Å². The van der Waals surface area contributed by atoms with Crippen LogP contribution in [0.15, 0.2) is 65.8 Å². The summed E-state index contributed by atoms with van der Waals surface area (Å²) in [6.07, 6.45) is 0. The maximum Gasteiger partial charge on any atom is 0.271 e. The molecule has 3 aromatic carbocycles. The maximum atomic E-state index is 12.8. The fourth-order valence-electron chi connectivity index (χ4n) is 3.53. The van der Waals surface area contributed by atoms with Crippen LogP contribution in [0.4, 0.5) is 17.1 Å². The summed E-state index contributed by atoms with van der Waals surface area (Å²) in [7, 11) is 2.91. The average molecular weight is 510 g/mol. The van der Waals surface area contributed by atoms with Gasteiger partial charge in [-0.2, -0.15) is 0 Å². The number of rotatable bonds is 9. The lowest BCUT2D eigenvalue weighted by Crippen LogP contribution is -2.15. The summed E-state index contributed by atoms with van der Waals surface area (Å²) in [5.41, 5.74) is 1.45. The number of hydrogen-bond donors (Lipinski definition) is 1. The molecule has 0 aliphatic carbocycles. The zero-order valence-corrected chi connectivity index (χ0v) is 19.9. The van der Waals surface area contributed by atoms with Crippen molar-refractivity contribution in [1.29, 1.82) is 0 Å². The maximum absolute atomic E-state index is 12.8. The van der Waals surface area contributed by atoms with Gasteiger partial charge >= 0.3 is 0 Å². The van der Waals surface area contributed by atoms with Gasteiger partial charge in [0.2, 0.25) is 5.91 Å². The van der Waals surface area contributed by atoms with Crippen molar-refractivity contribution in [3.8, 4) is 17.2 Å². The zero-order valence-electron chi connectivity index (χ0n) is 19.0. The Kier molecular flexibility index (Phi) is 7.01. The van der Waals surface area contributed by atoms with E-state index in [0.717, 1.165) is 11.8 Å². The summed E-state index contributed by atoms with van der Waals surface area (Å²) in [6, 6.07) is 15.4. The van der Waals surface area contributed by atoms with E-state index in [0.29, 0.717) is 27.6 Å². The van der Waals surface area contributed by atoms with Crippen molar-refractivity contribution in [2.45, 2.75) is 5.16 Å². The Morgan fingerprint density at radius 2 is 1.64 bits per heavy atom. The minimum Gasteiger partial charge on any atom is -0.495 e. The second-order valence-electron chi connectivity index (χ2n) is 7.31. The fourth-order valence-corrected chi connectivity index (χ4v) is 4.35. The van der Waals surface area contributed by atoms with E-state index in [2.05, 4.69) is 10.3 Å². The van der Waals surface area contributed by atoms with E-state index in [-0.39, 0.29) is 28.6 Å². The molecule has 0 aliphatic rings. The number of benzene rings is 3. The molecule has 184 valence electrons. The van der Waals surface area contributed by atoms with Crippen molar-refractivity contribution in [1.82, 2.24) is 9.55 Å². The van der Waals surface area contributed by atoms with E-state index >= 15 is 0 Å². The first kappa shape index (κ1) is 24.5. The Hall–Kier alpha value is -4.65. The molecule has 12 nitrogen and oxygen atoms in total. The van der Waals surface area contributed by atoms with Gasteiger partial charge in [0.25, 0.3) is 11.4 Å². The van der Waals surface area contributed by atoms with E-state index in [4.69, 9.17) is 9.47 Å². The monoisotopic (exact) mass is 509 g/mol. The Bertz CT molecular complexity index is 1490. The molecule has 0 saturated carbocycles. The molecular weight excluding hydrogens is 490 g/mol. The second-order valence-corrected chi connectivity index (χ2v) is 8.25. The van der Waals surface area contributed by atoms with Gasteiger partial charge in [-0.1, -0.05) is 23.9 Å². The summed E-state index contributed by atoms with van der Waals surface area (Å²) in [4.78, 5) is 38.6. The number of nitrogens with zero attached hydrogens (tertiary/aromatic N) is 4. The molecule has 1 heterocycles. The number of carbonyl (C=O) groups is 1. The number of amides is 1. The van der Waals surface area contributed by atoms with E-state index < -0.39 is 15.8 Å². The third-order valence-corrected chi connectivity index (χ3v) is 6.08. The molecule has 0 spiro atoms. The van der Waals surface area contributed by atoms with Crippen LogP contribution in [0.5, 0.6) is 11.5 Å². The lowest BCUT2D eigenvalue weighted by atomic mass is 10.2. The summed E-state index contributed by atoms with van der Waals surface area (Å²) < 4.78 is 12.4. The zero-order chi connectivity index (χ0) is 25.8. The highest BCUT2D eigenvalue weighted by Gasteiger charge is 2.20. The topological polar surface area (TPSA) is 152 Å². The van der Waals surface area contributed by atoms with Gasteiger partial charge in [-0.15, -0.1) is 0 Å². The molecule has 0 atom stereocenters. The lowest BCUT2D eigenvalue weighted by Gasteiger charge is -2.13. The standard InChI is InChI=1S/C23H19N5O7S/c1-34-20-10-8-15(28(32)33)12-17(20)24-22(29)13-36-23-25-16-11-14(27(30)31)7-9-18(16)26(23)19-5-3-4-6-21(19)35-2/h3-12H,13H2,1-2H3,(H,24,29). The lowest BCUT2D eigenvalue weighted by molar-refractivity contribution is -0.384. The van der Waals surface area contributed by atoms with Crippen molar-refractivity contribution in [3.05, 3.63) is 80.9 Å². The Balaban J connectivity index is 1.67. The Morgan fingerprint density at radius 3 is 2.33 bits per heavy atom. The average Bonchev–Trinajstić information content (AvgIpc) is 3.24. The third-order valence-electron chi connectivity index (χ3n) is 5.14. The number of para-hydroxylation sites is 2. The SMILES string of the molecule is COc1ccc([N+](=O)[O-])cc1NC(=O)CSc1nc2cc([N+](=O)[O-])ccc2n1-c1ccccc1OC. The summed E-state index contributed by atoms with van der Waals surface area (Å²) in [5.74, 6) is 0.255. The number of methoxy groups -OCH3 is 2. The normalized spacial score (nSPS) is 10.7. The number of nitro groups is 2. The number of aromatic nitrogens is 2. The van der Waals surface area contributed by atoms with Crippen LogP contribution in [0.25, 0.3) is 16.7 Å². The van der Waals surface area contributed by atoms with Gasteiger partial charge in [0.1, 0.15) is 11.5 Å². The minimum atomic E-state index is -0.571. The Labute approximate surface area is 208 Å². The first-order valence-corrected chi connectivity index (χ1v) is 11.4. The summed E-state index contributed by atoms with van der Waals surface area (Å²) in [5, 5.41) is 25.4. The molecule has 0 unspecified atom stereocenters. The van der Waals surface area contributed by atoms with Crippen LogP contribution >= 0.6 is 11.8 Å². The minimum absolute atomic E-state index is 0.105. The molecule has 13 heteroatoms. The van der Waals surface area contributed by atoms with Gasteiger partial charge in [0.05, 0.1) is 52.2 Å². The summed E-state index contributed by atoms with van der Waals surface area (Å²) in [6.45, 7) is 0. The predicted octanol–water partition coefficient (Wildman–Crippen LogP) is 4.59. The molecule has 0 saturated heterocycles. The largest absolute Gasteiger partial charge is 0.495 e. The van der Waals surface area contributed by atoms with E-state index in [1.807, 2.05) is 6.07 Å². The number of nitro benzene ring substituents is 2. The highest BCUT2D eigenvalue weighted by atomic mass is 32.2. The number of anilines is 1. The van der Waals surface area contributed by atoms with E-state index in [1.54, 1.807) is 28.8 Å². The van der Waals surface area contributed by atoms with Gasteiger partial charge in [-0.05, 0) is 24.3 Å². The van der Waals surface area contributed by atoms with Crippen LogP contribution in [-0.4, -0.2) is 45.3 Å². The van der Waals surface area contributed by atoms with Crippen LogP contribution in [0.3, 0.4) is 0 Å². The van der Waals surface area contributed by atoms with Gasteiger partial charge in [-0.25, -0.2) is 4.98 Å². The van der Waals surface area contributed by atoms with E-state index in [1.165, 1.54) is 44.6 Å². The number of hydrogen-bond acceptors (Lipinski definition) is 9. The highest BCUT2D eigenvalue weighted by molar-refractivity contribution is 7.99. The molecule has 0 aliphatic heterocycles. The molecule has 4 aromatic rings. The highest BCUT2D eigenvalue weighted by Crippen LogP contribution is 2.34. The molecule has 0 radical (unpaired) electrons. The van der Waals surface area contributed by atoms with Crippen LogP contribution in [0, 0.1) is 20.2 Å². The van der Waals surface area contributed by atoms with Crippen molar-refractivity contribution < 1.29 is 24.1 Å². The van der Waals surface area contributed by atoms with E-state index in [9.17, 15) is 25.0 Å². The van der Waals surface area contributed by atoms with Crippen LogP contribution < -0.4 is 14.8 Å². The molecule has 0 bridgehead atoms. The summed E-state index contributed by atoms with van der Waals surface area (Å²) >= 11 is 1.09. The van der Waals surface area contributed by atoms with Gasteiger partial charge in [0, 0.05) is 24.3 Å². The number of non-ortho nitro benzene ring substituents is 2. The quantitative estimate of drug-likeness (QED) is 0.194. The number of nitrogens with one attached hydrogen (secondary N) is 1. The number of thioether (sulfide) groups is 1. The first-order chi connectivity index (χ1) is 17.3. The molecule has 4 rings (SSSR count). The van der Waals surface area contributed by atoms with Gasteiger partial charge in [-0.3, -0.25) is 29.6 Å². The first-order valence-electron chi connectivity index (χ1n) is 10.4. The smallest absolute Gasteiger partial charge is 0.271 e. The molecule has 0 fully saturated rings. The van der Waals surface area contributed by atoms with Crippen molar-refractivity contribution in [2.24, 2.45) is 0 Å². The fraction of sp³-hybridized carbons (Fsp3) is 0.130. The van der Waals surface area contributed by atoms with Crippen molar-refractivity contribution in [2.75, 3.05) is 25.3 Å². The molecule has 1 N–H and O–H groups in total. The molecule has 1 amide bonds. The van der Waals surface area contributed by atoms with Crippen molar-refractivity contribution in [3.63, 3.8) is 0 Å². The number of ether oxygens (including phenoxy) is 2. The van der Waals surface area contributed by atoms with Crippen molar-refractivity contribution >= 4 is 45.8 Å². The molecule has 36 heavy (non-hydrogen) atoms. The van der Waals surface area contributed by atoms with Crippen LogP contribution in [0.1, 0.15) is 0 Å². The van der Waals surface area contributed by atoms with Gasteiger partial charge < -0.3 is 14.8 Å². The third kappa shape index (κ3) is 4.90. The van der Waals surface area contributed by atoms with Crippen LogP contribution in [0.2, 0.25) is 0 Å². The molecular formula is C23H19N5O7S. The number of imidazole rings is 1. The number of carbonyl (C=O) groups excluding carboxylic acids is 1. The predicted molar refractivity (Wildman–Crippen MR) is 133 cm³/mol. The molecule has 1 aromatic heterocycles. The van der Waals surface area contributed by atoms with Crippen LogP contribution in [-0.2, 0) is 4.79 Å². The number of fused-ring (bicyclic) bond motifs is 1.